The van der Waals surface area contributed by atoms with Gasteiger partial charge in [0.2, 0.25) is 0 Å². The van der Waals surface area contributed by atoms with E-state index in [1.165, 1.54) is 0 Å². The summed E-state index contributed by atoms with van der Waals surface area (Å²) < 4.78 is 10.3. The van der Waals surface area contributed by atoms with Crippen LogP contribution in [0.1, 0.15) is 19.5 Å². The molecule has 0 aliphatic rings. The van der Waals surface area contributed by atoms with Crippen LogP contribution in [-0.2, 0) is 16.0 Å². The molecule has 5 nitrogen and oxygen atoms in total. The second-order valence-electron chi connectivity index (χ2n) is 5.01. The van der Waals surface area contributed by atoms with Crippen LogP contribution in [0.25, 0.3) is 0 Å². The largest absolute Gasteiger partial charge is 0.383 e. The van der Waals surface area contributed by atoms with E-state index in [9.17, 15) is 0 Å². The SMILES string of the molecule is COCCN(CCOC)c1ccnc(CNC(C)C)c1. The first-order valence-electron chi connectivity index (χ1n) is 7.08. The van der Waals surface area contributed by atoms with Gasteiger partial charge in [-0.3, -0.25) is 4.98 Å². The Morgan fingerprint density at radius 2 is 1.85 bits per heavy atom. The van der Waals surface area contributed by atoms with Gasteiger partial charge in [0.1, 0.15) is 0 Å². The fraction of sp³-hybridized carbons (Fsp3) is 0.667. The van der Waals surface area contributed by atoms with E-state index in [2.05, 4.69) is 35.1 Å². The molecule has 0 atom stereocenters. The molecule has 114 valence electrons. The Hall–Kier alpha value is -1.17. The van der Waals surface area contributed by atoms with Crippen molar-refractivity contribution in [3.63, 3.8) is 0 Å². The minimum atomic E-state index is 0.457. The second-order valence-corrected chi connectivity index (χ2v) is 5.01. The minimum absolute atomic E-state index is 0.457. The molecule has 0 fully saturated rings. The lowest BCUT2D eigenvalue weighted by Crippen LogP contribution is -2.31. The maximum absolute atomic E-state index is 5.17. The predicted molar refractivity (Wildman–Crippen MR) is 82.2 cm³/mol. The highest BCUT2D eigenvalue weighted by molar-refractivity contribution is 5.46. The first-order chi connectivity index (χ1) is 9.67. The number of pyridine rings is 1. The standard InChI is InChI=1S/C15H27N3O2/c1-13(2)17-12-14-11-15(5-6-16-14)18(7-9-19-3)8-10-20-4/h5-6,11,13,17H,7-10,12H2,1-4H3. The molecular formula is C15H27N3O2. The fourth-order valence-corrected chi connectivity index (χ4v) is 1.84. The lowest BCUT2D eigenvalue weighted by Gasteiger charge is -2.24. The molecule has 0 amide bonds. The van der Waals surface area contributed by atoms with Gasteiger partial charge in [-0.25, -0.2) is 0 Å². The first kappa shape index (κ1) is 16.9. The van der Waals surface area contributed by atoms with Crippen LogP contribution in [0.5, 0.6) is 0 Å². The number of methoxy groups -OCH3 is 2. The maximum atomic E-state index is 5.17. The van der Waals surface area contributed by atoms with Crippen LogP contribution >= 0.6 is 0 Å². The van der Waals surface area contributed by atoms with Gasteiger partial charge in [0.05, 0.1) is 18.9 Å². The molecule has 0 radical (unpaired) electrons. The van der Waals surface area contributed by atoms with Gasteiger partial charge in [0, 0.05) is 51.8 Å². The van der Waals surface area contributed by atoms with Crippen molar-refractivity contribution in [3.8, 4) is 0 Å². The van der Waals surface area contributed by atoms with E-state index in [4.69, 9.17) is 9.47 Å². The topological polar surface area (TPSA) is 46.6 Å². The Kier molecular flexibility index (Phi) is 8.18. The zero-order valence-corrected chi connectivity index (χ0v) is 13.1. The second kappa shape index (κ2) is 9.69. The van der Waals surface area contributed by atoms with E-state index in [1.54, 1.807) is 14.2 Å². The van der Waals surface area contributed by atoms with E-state index in [1.807, 2.05) is 12.3 Å². The van der Waals surface area contributed by atoms with Crippen molar-refractivity contribution in [2.45, 2.75) is 26.4 Å². The maximum Gasteiger partial charge on any atom is 0.0637 e. The summed E-state index contributed by atoms with van der Waals surface area (Å²) in [4.78, 5) is 6.66. The summed E-state index contributed by atoms with van der Waals surface area (Å²) in [5, 5.41) is 3.38. The van der Waals surface area contributed by atoms with Gasteiger partial charge in [-0.2, -0.15) is 0 Å². The van der Waals surface area contributed by atoms with Crippen LogP contribution < -0.4 is 10.2 Å². The Balaban J connectivity index is 2.70. The van der Waals surface area contributed by atoms with Crippen molar-refractivity contribution in [3.05, 3.63) is 24.0 Å². The van der Waals surface area contributed by atoms with Gasteiger partial charge in [0.25, 0.3) is 0 Å². The Morgan fingerprint density at radius 1 is 1.20 bits per heavy atom. The summed E-state index contributed by atoms with van der Waals surface area (Å²) in [7, 11) is 3.44. The fourth-order valence-electron chi connectivity index (χ4n) is 1.84. The van der Waals surface area contributed by atoms with Crippen molar-refractivity contribution in [1.82, 2.24) is 10.3 Å². The molecule has 0 spiro atoms. The van der Waals surface area contributed by atoms with Crippen LogP contribution in [0.15, 0.2) is 18.3 Å². The number of anilines is 1. The third-order valence-corrected chi connectivity index (χ3v) is 2.99. The molecule has 0 aromatic carbocycles. The molecule has 0 saturated heterocycles. The highest BCUT2D eigenvalue weighted by Crippen LogP contribution is 2.14. The highest BCUT2D eigenvalue weighted by Gasteiger charge is 2.07. The molecule has 0 bridgehead atoms. The van der Waals surface area contributed by atoms with E-state index in [0.717, 1.165) is 31.0 Å². The lowest BCUT2D eigenvalue weighted by molar-refractivity contribution is 0.190. The smallest absolute Gasteiger partial charge is 0.0637 e. The molecule has 0 saturated carbocycles. The number of hydrogen-bond donors (Lipinski definition) is 1. The number of aromatic nitrogens is 1. The molecule has 1 rings (SSSR count). The number of rotatable bonds is 10. The Morgan fingerprint density at radius 3 is 2.40 bits per heavy atom. The van der Waals surface area contributed by atoms with Gasteiger partial charge in [-0.05, 0) is 12.1 Å². The summed E-state index contributed by atoms with van der Waals surface area (Å²) in [6.45, 7) is 8.15. The summed E-state index contributed by atoms with van der Waals surface area (Å²) in [5.74, 6) is 0. The van der Waals surface area contributed by atoms with Gasteiger partial charge >= 0.3 is 0 Å². The van der Waals surface area contributed by atoms with Crippen LogP contribution in [0.3, 0.4) is 0 Å². The van der Waals surface area contributed by atoms with E-state index < -0.39 is 0 Å². The zero-order valence-electron chi connectivity index (χ0n) is 13.1. The van der Waals surface area contributed by atoms with Crippen LogP contribution in [0, 0.1) is 0 Å². The highest BCUT2D eigenvalue weighted by atomic mass is 16.5. The Labute approximate surface area is 122 Å². The van der Waals surface area contributed by atoms with Crippen molar-refractivity contribution in [2.24, 2.45) is 0 Å². The zero-order chi connectivity index (χ0) is 14.8. The normalized spacial score (nSPS) is 11.1. The van der Waals surface area contributed by atoms with E-state index in [0.29, 0.717) is 19.3 Å². The number of nitrogens with one attached hydrogen (secondary N) is 1. The van der Waals surface area contributed by atoms with E-state index in [-0.39, 0.29) is 0 Å². The van der Waals surface area contributed by atoms with Crippen molar-refractivity contribution < 1.29 is 9.47 Å². The van der Waals surface area contributed by atoms with Gasteiger partial charge in [0.15, 0.2) is 0 Å². The summed E-state index contributed by atoms with van der Waals surface area (Å²) in [6, 6.07) is 4.61. The average molecular weight is 281 g/mol. The quantitative estimate of drug-likeness (QED) is 0.707. The van der Waals surface area contributed by atoms with Crippen LogP contribution in [0.2, 0.25) is 0 Å². The molecule has 1 aromatic rings. The van der Waals surface area contributed by atoms with Gasteiger partial charge in [-0.1, -0.05) is 13.8 Å². The third-order valence-electron chi connectivity index (χ3n) is 2.99. The van der Waals surface area contributed by atoms with E-state index >= 15 is 0 Å². The average Bonchev–Trinajstić information content (AvgIpc) is 2.45. The predicted octanol–water partition coefficient (Wildman–Crippen LogP) is 1.68. The molecule has 1 N–H and O–H groups in total. The molecule has 1 heterocycles. The summed E-state index contributed by atoms with van der Waals surface area (Å²) in [5.41, 5.74) is 2.21. The summed E-state index contributed by atoms with van der Waals surface area (Å²) in [6.07, 6.45) is 1.86. The monoisotopic (exact) mass is 281 g/mol. The van der Waals surface area contributed by atoms with Crippen LogP contribution in [-0.4, -0.2) is 51.5 Å². The molecule has 20 heavy (non-hydrogen) atoms. The first-order valence-corrected chi connectivity index (χ1v) is 7.08. The molecule has 0 aliphatic heterocycles. The van der Waals surface area contributed by atoms with Crippen LogP contribution in [0.4, 0.5) is 5.69 Å². The van der Waals surface area contributed by atoms with Crippen molar-refractivity contribution in [2.75, 3.05) is 45.4 Å². The molecule has 0 unspecified atom stereocenters. The van der Waals surface area contributed by atoms with Crippen molar-refractivity contribution >= 4 is 5.69 Å². The van der Waals surface area contributed by atoms with Crippen molar-refractivity contribution in [1.29, 1.82) is 0 Å². The van der Waals surface area contributed by atoms with Gasteiger partial charge < -0.3 is 19.7 Å². The minimum Gasteiger partial charge on any atom is -0.383 e. The molecule has 1 aromatic heterocycles. The molecule has 0 aliphatic carbocycles. The number of nitrogens with zero attached hydrogens (tertiary/aromatic N) is 2. The Bertz CT molecular complexity index is 364. The van der Waals surface area contributed by atoms with Gasteiger partial charge in [-0.15, -0.1) is 0 Å². The number of ether oxygens (including phenoxy) is 2. The molecule has 5 heteroatoms. The molecular weight excluding hydrogens is 254 g/mol. The summed E-state index contributed by atoms with van der Waals surface area (Å²) >= 11 is 0. The number of hydrogen-bond acceptors (Lipinski definition) is 5. The lowest BCUT2D eigenvalue weighted by atomic mass is 10.2. The third kappa shape index (κ3) is 6.32.